The van der Waals surface area contributed by atoms with Gasteiger partial charge in [0.1, 0.15) is 12.0 Å². The number of hydrogen-bond donors (Lipinski definition) is 0. The number of rotatable bonds is 3. The maximum atomic E-state index is 10.1. The summed E-state index contributed by atoms with van der Waals surface area (Å²) in [4.78, 5) is 10.1. The van der Waals surface area contributed by atoms with Crippen LogP contribution in [0.4, 0.5) is 0 Å². The van der Waals surface area contributed by atoms with Crippen LogP contribution >= 0.6 is 0 Å². The van der Waals surface area contributed by atoms with E-state index >= 15 is 0 Å². The van der Waals surface area contributed by atoms with E-state index in [-0.39, 0.29) is 5.92 Å². The molecule has 0 aliphatic rings. The zero-order valence-electron chi connectivity index (χ0n) is 6.70. The lowest BCUT2D eigenvalue weighted by Gasteiger charge is -1.99. The van der Waals surface area contributed by atoms with E-state index < -0.39 is 0 Å². The molecule has 0 aliphatic heterocycles. The fourth-order valence-electron chi connectivity index (χ4n) is 0.883. The van der Waals surface area contributed by atoms with Gasteiger partial charge in [-0.25, -0.2) is 0 Å². The highest BCUT2D eigenvalue weighted by atomic mass is 16.5. The van der Waals surface area contributed by atoms with Gasteiger partial charge in [0, 0.05) is 18.4 Å². The molecule has 1 rings (SSSR count). The van der Waals surface area contributed by atoms with E-state index in [2.05, 4.69) is 5.16 Å². The molecule has 0 aliphatic carbocycles. The molecule has 0 bridgehead atoms. The standard InChI is InChI=1S/C8H11NO2/c1-6(3-4-10)8-5-7(2)11-9-8/h4-6H,3H2,1-2H3. The van der Waals surface area contributed by atoms with Crippen molar-refractivity contribution in [3.05, 3.63) is 17.5 Å². The Morgan fingerprint density at radius 3 is 3.00 bits per heavy atom. The summed E-state index contributed by atoms with van der Waals surface area (Å²) in [5.74, 6) is 0.961. The van der Waals surface area contributed by atoms with Gasteiger partial charge in [0.15, 0.2) is 0 Å². The van der Waals surface area contributed by atoms with E-state index in [4.69, 9.17) is 4.52 Å². The number of aryl methyl sites for hydroxylation is 1. The Bertz CT molecular complexity index is 242. The van der Waals surface area contributed by atoms with Crippen LogP contribution in [-0.2, 0) is 4.79 Å². The normalized spacial score (nSPS) is 12.9. The van der Waals surface area contributed by atoms with Crippen LogP contribution in [0.1, 0.15) is 30.7 Å². The van der Waals surface area contributed by atoms with Crippen LogP contribution < -0.4 is 0 Å². The van der Waals surface area contributed by atoms with Gasteiger partial charge in [-0.1, -0.05) is 12.1 Å². The summed E-state index contributed by atoms with van der Waals surface area (Å²) in [6, 6.07) is 1.86. The summed E-state index contributed by atoms with van der Waals surface area (Å²) < 4.78 is 4.87. The summed E-state index contributed by atoms with van der Waals surface area (Å²) in [7, 11) is 0. The molecule has 11 heavy (non-hydrogen) atoms. The van der Waals surface area contributed by atoms with E-state index in [1.54, 1.807) is 0 Å². The second kappa shape index (κ2) is 3.32. The molecule has 0 saturated heterocycles. The average Bonchev–Trinajstić information content (AvgIpc) is 2.36. The van der Waals surface area contributed by atoms with E-state index in [0.29, 0.717) is 6.42 Å². The van der Waals surface area contributed by atoms with Gasteiger partial charge in [0.2, 0.25) is 0 Å². The predicted octanol–water partition coefficient (Wildman–Crippen LogP) is 1.68. The molecule has 0 N–H and O–H groups in total. The van der Waals surface area contributed by atoms with Gasteiger partial charge in [-0.15, -0.1) is 0 Å². The Morgan fingerprint density at radius 1 is 1.82 bits per heavy atom. The predicted molar refractivity (Wildman–Crippen MR) is 40.3 cm³/mol. The monoisotopic (exact) mass is 153 g/mol. The number of carbonyl (C=O) groups excluding carboxylic acids is 1. The first-order valence-corrected chi connectivity index (χ1v) is 3.61. The zero-order valence-corrected chi connectivity index (χ0v) is 6.70. The first-order chi connectivity index (χ1) is 5.24. The van der Waals surface area contributed by atoms with Crippen LogP contribution in [0.25, 0.3) is 0 Å². The minimum absolute atomic E-state index is 0.171. The van der Waals surface area contributed by atoms with Crippen molar-refractivity contribution in [3.8, 4) is 0 Å². The van der Waals surface area contributed by atoms with Gasteiger partial charge < -0.3 is 9.32 Å². The van der Waals surface area contributed by atoms with Crippen molar-refractivity contribution < 1.29 is 9.32 Å². The fraction of sp³-hybridized carbons (Fsp3) is 0.500. The molecule has 1 aromatic heterocycles. The maximum absolute atomic E-state index is 10.1. The molecule has 3 heteroatoms. The number of aromatic nitrogens is 1. The minimum atomic E-state index is 0.171. The Balaban J connectivity index is 2.67. The summed E-state index contributed by atoms with van der Waals surface area (Å²) in [5.41, 5.74) is 0.856. The van der Waals surface area contributed by atoms with Crippen molar-refractivity contribution in [2.75, 3.05) is 0 Å². The molecule has 0 radical (unpaired) electrons. The highest BCUT2D eigenvalue weighted by Crippen LogP contribution is 2.16. The van der Waals surface area contributed by atoms with Crippen LogP contribution in [0.5, 0.6) is 0 Å². The van der Waals surface area contributed by atoms with Crippen molar-refractivity contribution in [3.63, 3.8) is 0 Å². The lowest BCUT2D eigenvalue weighted by atomic mass is 10.1. The quantitative estimate of drug-likeness (QED) is 0.620. The van der Waals surface area contributed by atoms with Crippen molar-refractivity contribution in [2.24, 2.45) is 0 Å². The first-order valence-electron chi connectivity index (χ1n) is 3.61. The van der Waals surface area contributed by atoms with Gasteiger partial charge in [0.25, 0.3) is 0 Å². The summed E-state index contributed by atoms with van der Waals surface area (Å²) >= 11 is 0. The van der Waals surface area contributed by atoms with E-state index in [1.165, 1.54) is 0 Å². The minimum Gasteiger partial charge on any atom is -0.361 e. The molecule has 0 fully saturated rings. The highest BCUT2D eigenvalue weighted by molar-refractivity contribution is 5.51. The molecule has 0 spiro atoms. The largest absolute Gasteiger partial charge is 0.361 e. The fourth-order valence-corrected chi connectivity index (χ4v) is 0.883. The van der Waals surface area contributed by atoms with Crippen molar-refractivity contribution >= 4 is 6.29 Å². The van der Waals surface area contributed by atoms with Gasteiger partial charge in [0.05, 0.1) is 5.69 Å². The summed E-state index contributed by atoms with van der Waals surface area (Å²) in [6.07, 6.45) is 1.40. The van der Waals surface area contributed by atoms with E-state index in [9.17, 15) is 4.79 Å². The Labute approximate surface area is 65.4 Å². The molecule has 1 unspecified atom stereocenters. The van der Waals surface area contributed by atoms with Crippen molar-refractivity contribution in [1.82, 2.24) is 5.16 Å². The molecule has 3 nitrogen and oxygen atoms in total. The molecule has 1 aromatic rings. The molecule has 1 heterocycles. The molecule has 0 saturated carbocycles. The molecule has 60 valence electrons. The van der Waals surface area contributed by atoms with Crippen molar-refractivity contribution in [2.45, 2.75) is 26.2 Å². The number of aldehydes is 1. The molecule has 0 aromatic carbocycles. The van der Waals surface area contributed by atoms with Gasteiger partial charge in [-0.05, 0) is 6.92 Å². The van der Waals surface area contributed by atoms with E-state index in [0.717, 1.165) is 17.7 Å². The number of nitrogens with zero attached hydrogens (tertiary/aromatic N) is 1. The third kappa shape index (κ3) is 1.90. The maximum Gasteiger partial charge on any atom is 0.133 e. The Kier molecular flexibility index (Phi) is 2.41. The molecular weight excluding hydrogens is 142 g/mol. The van der Waals surface area contributed by atoms with E-state index in [1.807, 2.05) is 19.9 Å². The highest BCUT2D eigenvalue weighted by Gasteiger charge is 2.08. The SMILES string of the molecule is Cc1cc(C(C)CC=O)no1. The van der Waals surface area contributed by atoms with Crippen LogP contribution in [-0.4, -0.2) is 11.4 Å². The van der Waals surface area contributed by atoms with Crippen LogP contribution in [0.3, 0.4) is 0 Å². The lowest BCUT2D eigenvalue weighted by Crippen LogP contribution is -1.93. The Hall–Kier alpha value is -1.12. The molecule has 0 amide bonds. The first kappa shape index (κ1) is 7.98. The average molecular weight is 153 g/mol. The zero-order chi connectivity index (χ0) is 8.27. The Morgan fingerprint density at radius 2 is 2.55 bits per heavy atom. The third-order valence-electron chi connectivity index (χ3n) is 1.60. The van der Waals surface area contributed by atoms with Crippen LogP contribution in [0.15, 0.2) is 10.6 Å². The lowest BCUT2D eigenvalue weighted by molar-refractivity contribution is -0.108. The molecular formula is C8H11NO2. The summed E-state index contributed by atoms with van der Waals surface area (Å²) in [6.45, 7) is 3.79. The van der Waals surface area contributed by atoms with Crippen LogP contribution in [0, 0.1) is 6.92 Å². The van der Waals surface area contributed by atoms with Crippen molar-refractivity contribution in [1.29, 1.82) is 0 Å². The molecule has 1 atom stereocenters. The second-order valence-corrected chi connectivity index (χ2v) is 2.67. The van der Waals surface area contributed by atoms with Gasteiger partial charge in [-0.2, -0.15) is 0 Å². The van der Waals surface area contributed by atoms with Gasteiger partial charge in [-0.3, -0.25) is 0 Å². The number of hydrogen-bond acceptors (Lipinski definition) is 3. The van der Waals surface area contributed by atoms with Crippen LogP contribution in [0.2, 0.25) is 0 Å². The number of carbonyl (C=O) groups is 1. The third-order valence-corrected chi connectivity index (χ3v) is 1.60. The summed E-state index contributed by atoms with van der Waals surface area (Å²) in [5, 5.41) is 3.80. The second-order valence-electron chi connectivity index (χ2n) is 2.67. The van der Waals surface area contributed by atoms with Gasteiger partial charge >= 0.3 is 0 Å². The smallest absolute Gasteiger partial charge is 0.133 e. The topological polar surface area (TPSA) is 43.1 Å².